The molecule has 84 valence electrons. The molecule has 0 aliphatic heterocycles. The first-order chi connectivity index (χ1) is 7.19. The van der Waals surface area contributed by atoms with Gasteiger partial charge in [-0.2, -0.15) is 0 Å². The SMILES string of the molecule is C=CCC(NC=O)C(=O)N/C(=N/N)NN. The predicted molar refractivity (Wildman–Crippen MR) is 54.9 cm³/mol. The van der Waals surface area contributed by atoms with Gasteiger partial charge in [0.1, 0.15) is 6.04 Å². The molecule has 0 aromatic rings. The smallest absolute Gasteiger partial charge is 0.249 e. The van der Waals surface area contributed by atoms with Gasteiger partial charge in [0.05, 0.1) is 0 Å². The summed E-state index contributed by atoms with van der Waals surface area (Å²) in [6.45, 7) is 3.45. The summed E-state index contributed by atoms with van der Waals surface area (Å²) in [4.78, 5) is 21.6. The summed E-state index contributed by atoms with van der Waals surface area (Å²) in [6, 6.07) is -0.731. The topological polar surface area (TPSA) is 135 Å². The molecule has 7 N–H and O–H groups in total. The Morgan fingerprint density at radius 1 is 1.60 bits per heavy atom. The second-order valence-electron chi connectivity index (χ2n) is 2.47. The normalized spacial score (nSPS) is 12.5. The lowest BCUT2D eigenvalue weighted by molar-refractivity contribution is -0.124. The van der Waals surface area contributed by atoms with Crippen molar-refractivity contribution in [1.29, 1.82) is 0 Å². The second kappa shape index (κ2) is 7.33. The maximum atomic E-state index is 11.4. The molecule has 0 saturated carbocycles. The Morgan fingerprint density at radius 2 is 2.27 bits per heavy atom. The molecule has 0 heterocycles. The summed E-state index contributed by atoms with van der Waals surface area (Å²) in [7, 11) is 0. The van der Waals surface area contributed by atoms with Crippen molar-refractivity contribution < 1.29 is 9.59 Å². The summed E-state index contributed by atoms with van der Waals surface area (Å²) < 4.78 is 0. The van der Waals surface area contributed by atoms with E-state index in [1.165, 1.54) is 6.08 Å². The second-order valence-corrected chi connectivity index (χ2v) is 2.47. The van der Waals surface area contributed by atoms with Crippen molar-refractivity contribution in [3.05, 3.63) is 12.7 Å². The Bertz CT molecular complexity index is 254. The molecular weight excluding hydrogens is 200 g/mol. The van der Waals surface area contributed by atoms with Crippen LogP contribution in [0.25, 0.3) is 0 Å². The molecule has 0 bridgehead atoms. The van der Waals surface area contributed by atoms with E-state index in [-0.39, 0.29) is 12.4 Å². The van der Waals surface area contributed by atoms with Gasteiger partial charge >= 0.3 is 0 Å². The zero-order valence-electron chi connectivity index (χ0n) is 8.06. The number of amides is 2. The number of hydrogen-bond acceptors (Lipinski definition) is 5. The van der Waals surface area contributed by atoms with E-state index in [9.17, 15) is 9.59 Å². The molecule has 0 spiro atoms. The maximum Gasteiger partial charge on any atom is 0.249 e. The van der Waals surface area contributed by atoms with Crippen molar-refractivity contribution >= 4 is 18.3 Å². The van der Waals surface area contributed by atoms with Crippen molar-refractivity contribution in [2.75, 3.05) is 0 Å². The zero-order chi connectivity index (χ0) is 11.7. The Morgan fingerprint density at radius 3 is 2.67 bits per heavy atom. The number of guanidine groups is 1. The first-order valence-corrected chi connectivity index (χ1v) is 4.05. The number of hydrazine groups is 1. The van der Waals surface area contributed by atoms with E-state index in [0.29, 0.717) is 6.41 Å². The highest BCUT2D eigenvalue weighted by atomic mass is 16.2. The van der Waals surface area contributed by atoms with Gasteiger partial charge in [-0.3, -0.25) is 20.3 Å². The number of nitrogens with zero attached hydrogens (tertiary/aromatic N) is 1. The number of hydrazone groups is 1. The van der Waals surface area contributed by atoms with Crippen molar-refractivity contribution in [2.24, 2.45) is 16.8 Å². The van der Waals surface area contributed by atoms with Crippen LogP contribution in [0, 0.1) is 0 Å². The largest absolute Gasteiger partial charge is 0.347 e. The molecule has 8 heteroatoms. The van der Waals surface area contributed by atoms with Gasteiger partial charge in [-0.15, -0.1) is 11.7 Å². The molecule has 0 saturated heterocycles. The van der Waals surface area contributed by atoms with Crippen LogP contribution in [0.3, 0.4) is 0 Å². The van der Waals surface area contributed by atoms with E-state index < -0.39 is 11.9 Å². The van der Waals surface area contributed by atoms with Gasteiger partial charge in [0.15, 0.2) is 0 Å². The molecule has 15 heavy (non-hydrogen) atoms. The molecule has 0 radical (unpaired) electrons. The third-order valence-corrected chi connectivity index (χ3v) is 1.50. The maximum absolute atomic E-state index is 11.4. The first kappa shape index (κ1) is 12.9. The minimum Gasteiger partial charge on any atom is -0.347 e. The van der Waals surface area contributed by atoms with E-state index in [1.807, 2.05) is 0 Å². The van der Waals surface area contributed by atoms with E-state index in [4.69, 9.17) is 11.7 Å². The molecule has 0 aliphatic rings. The molecule has 1 atom stereocenters. The summed E-state index contributed by atoms with van der Waals surface area (Å²) in [5, 5.41) is 7.73. The van der Waals surface area contributed by atoms with Gasteiger partial charge in [0.2, 0.25) is 18.3 Å². The summed E-state index contributed by atoms with van der Waals surface area (Å²) in [6.07, 6.45) is 2.20. The molecule has 0 aliphatic carbocycles. The van der Waals surface area contributed by atoms with Gasteiger partial charge in [-0.25, -0.2) is 5.84 Å². The summed E-state index contributed by atoms with van der Waals surface area (Å²) in [5.41, 5.74) is 2.07. The van der Waals surface area contributed by atoms with Crippen LogP contribution in [0.5, 0.6) is 0 Å². The molecule has 2 amide bonds. The van der Waals surface area contributed by atoms with E-state index in [2.05, 4.69) is 27.7 Å². The minimum atomic E-state index is -0.731. The van der Waals surface area contributed by atoms with E-state index >= 15 is 0 Å². The minimum absolute atomic E-state index is 0.0956. The first-order valence-electron chi connectivity index (χ1n) is 4.05. The lowest BCUT2D eigenvalue weighted by atomic mass is 10.2. The van der Waals surface area contributed by atoms with Crippen molar-refractivity contribution in [1.82, 2.24) is 16.1 Å². The van der Waals surface area contributed by atoms with Gasteiger partial charge in [0.25, 0.3) is 0 Å². The lowest BCUT2D eigenvalue weighted by Crippen LogP contribution is -2.51. The summed E-state index contributed by atoms with van der Waals surface area (Å²) in [5.74, 6) is 9.30. The lowest BCUT2D eigenvalue weighted by Gasteiger charge is -2.14. The Hall–Kier alpha value is -2.09. The number of nitrogens with one attached hydrogen (secondary N) is 3. The van der Waals surface area contributed by atoms with Gasteiger partial charge in [-0.05, 0) is 6.42 Å². The van der Waals surface area contributed by atoms with Crippen molar-refractivity contribution in [3.8, 4) is 0 Å². The van der Waals surface area contributed by atoms with Gasteiger partial charge < -0.3 is 11.2 Å². The fourth-order valence-electron chi connectivity index (χ4n) is 0.809. The van der Waals surface area contributed by atoms with Gasteiger partial charge in [-0.1, -0.05) is 6.08 Å². The van der Waals surface area contributed by atoms with Crippen LogP contribution in [0.1, 0.15) is 6.42 Å². The number of carbonyl (C=O) groups is 2. The molecule has 1 unspecified atom stereocenters. The molecule has 0 fully saturated rings. The monoisotopic (exact) mass is 214 g/mol. The number of rotatable bonds is 5. The predicted octanol–water partition coefficient (Wildman–Crippen LogP) is -2.51. The van der Waals surface area contributed by atoms with Crippen LogP contribution in [0.4, 0.5) is 0 Å². The van der Waals surface area contributed by atoms with Crippen molar-refractivity contribution in [3.63, 3.8) is 0 Å². The Balaban J connectivity index is 4.35. The zero-order valence-corrected chi connectivity index (χ0v) is 8.06. The van der Waals surface area contributed by atoms with Crippen LogP contribution < -0.4 is 27.7 Å². The Kier molecular flexibility index (Phi) is 6.31. The highest BCUT2D eigenvalue weighted by molar-refractivity contribution is 5.99. The van der Waals surface area contributed by atoms with Crippen LogP contribution in [0.2, 0.25) is 0 Å². The average molecular weight is 214 g/mol. The summed E-state index contributed by atoms with van der Waals surface area (Å²) >= 11 is 0. The molecular formula is C7H14N6O2. The molecule has 0 aromatic carbocycles. The fourth-order valence-corrected chi connectivity index (χ4v) is 0.809. The fraction of sp³-hybridized carbons (Fsp3) is 0.286. The van der Waals surface area contributed by atoms with Crippen LogP contribution >= 0.6 is 0 Å². The molecule has 0 aromatic heterocycles. The number of hydrogen-bond donors (Lipinski definition) is 5. The molecule has 8 nitrogen and oxygen atoms in total. The average Bonchev–Trinajstić information content (AvgIpc) is 2.25. The van der Waals surface area contributed by atoms with E-state index in [0.717, 1.165) is 0 Å². The van der Waals surface area contributed by atoms with Crippen LogP contribution in [-0.4, -0.2) is 24.3 Å². The highest BCUT2D eigenvalue weighted by Gasteiger charge is 2.16. The van der Waals surface area contributed by atoms with Crippen molar-refractivity contribution in [2.45, 2.75) is 12.5 Å². The quantitative estimate of drug-likeness (QED) is 0.0860. The van der Waals surface area contributed by atoms with Gasteiger partial charge in [0, 0.05) is 0 Å². The Labute approximate surface area is 86.7 Å². The standard InChI is InChI=1S/C7H14N6O2/c1-2-3-5(10-4-14)6(15)11-7(12-8)13-9/h2,4-5H,1,3,8-9H2,(H,10,14)(H2,11,12,13,15). The third kappa shape index (κ3) is 4.62. The highest BCUT2D eigenvalue weighted by Crippen LogP contribution is 1.91. The van der Waals surface area contributed by atoms with Crippen LogP contribution in [-0.2, 0) is 9.59 Å². The van der Waals surface area contributed by atoms with E-state index in [1.54, 1.807) is 0 Å². The van der Waals surface area contributed by atoms with Crippen LogP contribution in [0.15, 0.2) is 17.8 Å². The third-order valence-electron chi connectivity index (χ3n) is 1.50. The number of carbonyl (C=O) groups excluding carboxylic acids is 2. The molecule has 0 rings (SSSR count). The number of nitrogens with two attached hydrogens (primary N) is 2.